The lowest BCUT2D eigenvalue weighted by Crippen LogP contribution is -2.58. The van der Waals surface area contributed by atoms with E-state index in [0.29, 0.717) is 6.42 Å². The molecule has 1 aliphatic rings. The van der Waals surface area contributed by atoms with Crippen molar-refractivity contribution in [3.63, 3.8) is 0 Å². The average molecular weight is 325 g/mol. The zero-order chi connectivity index (χ0) is 16.8. The Morgan fingerprint density at radius 1 is 1.04 bits per heavy atom. The average Bonchev–Trinajstić information content (AvgIpc) is 2.64. The normalized spacial score (nSPS) is 16.5. The van der Waals surface area contributed by atoms with Gasteiger partial charge in [-0.3, -0.25) is 5.01 Å². The lowest BCUT2D eigenvalue weighted by Gasteiger charge is -2.42. The third-order valence-electron chi connectivity index (χ3n) is 4.27. The van der Waals surface area contributed by atoms with E-state index in [9.17, 15) is 9.90 Å². The Balaban J connectivity index is 1.92. The molecule has 5 heteroatoms. The Labute approximate surface area is 142 Å². The van der Waals surface area contributed by atoms with Gasteiger partial charge in [-0.1, -0.05) is 48.5 Å². The van der Waals surface area contributed by atoms with Crippen molar-refractivity contribution in [2.45, 2.75) is 12.5 Å². The second kappa shape index (κ2) is 7.95. The number of para-hydroxylation sites is 1. The van der Waals surface area contributed by atoms with Crippen molar-refractivity contribution in [1.82, 2.24) is 10.3 Å². The molecule has 1 fully saturated rings. The first-order valence-electron chi connectivity index (χ1n) is 8.32. The van der Waals surface area contributed by atoms with Gasteiger partial charge in [-0.05, 0) is 17.7 Å². The maximum Gasteiger partial charge on any atom is 0.328 e. The number of hydrazine groups is 1. The van der Waals surface area contributed by atoms with E-state index < -0.39 is 12.0 Å². The predicted molar refractivity (Wildman–Crippen MR) is 94.9 cm³/mol. The summed E-state index contributed by atoms with van der Waals surface area (Å²) in [6.07, 6.45) is 0.467. The molecule has 0 unspecified atom stereocenters. The highest BCUT2D eigenvalue weighted by Crippen LogP contribution is 2.22. The van der Waals surface area contributed by atoms with Crippen molar-refractivity contribution < 1.29 is 9.90 Å². The van der Waals surface area contributed by atoms with Crippen LogP contribution in [0.4, 0.5) is 5.69 Å². The molecule has 24 heavy (non-hydrogen) atoms. The summed E-state index contributed by atoms with van der Waals surface area (Å²) in [5, 5.41) is 17.3. The number of nitrogens with zero attached hydrogens (tertiary/aromatic N) is 2. The second-order valence-corrected chi connectivity index (χ2v) is 5.93. The number of aliphatic carboxylic acids is 1. The minimum atomic E-state index is -0.804. The molecule has 0 amide bonds. The molecule has 1 aliphatic heterocycles. The van der Waals surface area contributed by atoms with E-state index in [1.807, 2.05) is 65.7 Å². The molecule has 1 atom stereocenters. The van der Waals surface area contributed by atoms with Crippen molar-refractivity contribution in [1.29, 1.82) is 0 Å². The molecule has 2 aromatic carbocycles. The second-order valence-electron chi connectivity index (χ2n) is 5.93. The van der Waals surface area contributed by atoms with Gasteiger partial charge in [0.2, 0.25) is 0 Å². The Hall–Kier alpha value is -2.37. The van der Waals surface area contributed by atoms with Crippen LogP contribution in [0.15, 0.2) is 60.7 Å². The summed E-state index contributed by atoms with van der Waals surface area (Å²) in [5.74, 6) is -0.804. The third kappa shape index (κ3) is 3.93. The van der Waals surface area contributed by atoms with Crippen molar-refractivity contribution in [3.05, 3.63) is 66.2 Å². The van der Waals surface area contributed by atoms with Gasteiger partial charge in [0.15, 0.2) is 0 Å². The number of carboxylic acids is 1. The fourth-order valence-electron chi connectivity index (χ4n) is 3.11. The first kappa shape index (κ1) is 16.5. The molecule has 2 N–H and O–H groups in total. The number of benzene rings is 2. The largest absolute Gasteiger partial charge is 0.480 e. The molecule has 0 aromatic heterocycles. The van der Waals surface area contributed by atoms with E-state index >= 15 is 0 Å². The number of carboxylic acid groups (broad SMARTS) is 1. The van der Waals surface area contributed by atoms with E-state index in [1.54, 1.807) is 0 Å². The predicted octanol–water partition coefficient (Wildman–Crippen LogP) is 2.01. The topological polar surface area (TPSA) is 55.8 Å². The molecular weight excluding hydrogens is 302 g/mol. The molecule has 0 radical (unpaired) electrons. The highest BCUT2D eigenvalue weighted by Gasteiger charge is 2.31. The van der Waals surface area contributed by atoms with E-state index in [0.717, 1.165) is 37.4 Å². The highest BCUT2D eigenvalue weighted by molar-refractivity contribution is 5.78. The number of anilines is 1. The van der Waals surface area contributed by atoms with Crippen molar-refractivity contribution in [2.24, 2.45) is 0 Å². The van der Waals surface area contributed by atoms with Crippen LogP contribution in [0.25, 0.3) is 0 Å². The van der Waals surface area contributed by atoms with Gasteiger partial charge in [-0.25, -0.2) is 9.80 Å². The number of hydrogen-bond acceptors (Lipinski definition) is 4. The Bertz CT molecular complexity index is 642. The highest BCUT2D eigenvalue weighted by atomic mass is 16.4. The minimum Gasteiger partial charge on any atom is -0.480 e. The van der Waals surface area contributed by atoms with Crippen LogP contribution in [0, 0.1) is 0 Å². The zero-order valence-corrected chi connectivity index (χ0v) is 13.6. The van der Waals surface area contributed by atoms with Crippen LogP contribution < -0.4 is 10.3 Å². The monoisotopic (exact) mass is 325 g/mol. The fraction of sp³-hybridized carbons (Fsp3) is 0.316. The van der Waals surface area contributed by atoms with Gasteiger partial charge >= 0.3 is 5.97 Å². The Morgan fingerprint density at radius 3 is 2.21 bits per heavy atom. The van der Waals surface area contributed by atoms with Crippen LogP contribution in [-0.2, 0) is 11.2 Å². The smallest absolute Gasteiger partial charge is 0.328 e. The Kier molecular flexibility index (Phi) is 5.46. The third-order valence-corrected chi connectivity index (χ3v) is 4.27. The van der Waals surface area contributed by atoms with Crippen molar-refractivity contribution in [2.75, 3.05) is 31.2 Å². The lowest BCUT2D eigenvalue weighted by molar-refractivity contribution is -0.139. The van der Waals surface area contributed by atoms with E-state index in [1.165, 1.54) is 0 Å². The van der Waals surface area contributed by atoms with Gasteiger partial charge in [0.25, 0.3) is 0 Å². The molecule has 2 aromatic rings. The van der Waals surface area contributed by atoms with Gasteiger partial charge in [0.1, 0.15) is 6.04 Å². The van der Waals surface area contributed by atoms with Gasteiger partial charge in [-0.2, -0.15) is 0 Å². The summed E-state index contributed by atoms with van der Waals surface area (Å²) in [6, 6.07) is 19.0. The lowest BCUT2D eigenvalue weighted by atomic mass is 10.0. The van der Waals surface area contributed by atoms with Crippen molar-refractivity contribution >= 4 is 11.7 Å². The summed E-state index contributed by atoms with van der Waals surface area (Å²) < 4.78 is 0. The maximum absolute atomic E-state index is 12.1. The first-order valence-corrected chi connectivity index (χ1v) is 8.32. The molecule has 126 valence electrons. The molecule has 1 heterocycles. The maximum atomic E-state index is 12.1. The zero-order valence-electron chi connectivity index (χ0n) is 13.6. The van der Waals surface area contributed by atoms with Gasteiger partial charge in [-0.15, -0.1) is 0 Å². The molecular formula is C19H23N3O2. The summed E-state index contributed by atoms with van der Waals surface area (Å²) in [4.78, 5) is 12.1. The molecule has 5 nitrogen and oxygen atoms in total. The van der Waals surface area contributed by atoms with Crippen LogP contribution in [0.5, 0.6) is 0 Å². The quantitative estimate of drug-likeness (QED) is 0.851. The van der Waals surface area contributed by atoms with Gasteiger partial charge in [0.05, 0.1) is 5.69 Å². The van der Waals surface area contributed by atoms with Crippen LogP contribution in [0.1, 0.15) is 5.56 Å². The number of rotatable bonds is 6. The van der Waals surface area contributed by atoms with Gasteiger partial charge < -0.3 is 10.4 Å². The molecule has 0 spiro atoms. The van der Waals surface area contributed by atoms with Crippen LogP contribution in [-0.4, -0.2) is 48.3 Å². The summed E-state index contributed by atoms with van der Waals surface area (Å²) in [6.45, 7) is 3.32. The molecule has 3 rings (SSSR count). The molecule has 0 bridgehead atoms. The Morgan fingerprint density at radius 2 is 1.62 bits per heavy atom. The first-order chi connectivity index (χ1) is 11.8. The number of piperazine rings is 1. The molecule has 0 saturated carbocycles. The number of hydrogen-bond donors (Lipinski definition) is 2. The number of carbonyl (C=O) groups is 1. The minimum absolute atomic E-state index is 0.467. The van der Waals surface area contributed by atoms with E-state index in [4.69, 9.17) is 0 Å². The SMILES string of the molecule is O=C(O)[C@H](Cc1ccccc1)N(c1ccccc1)N1CCNCC1. The summed E-state index contributed by atoms with van der Waals surface area (Å²) in [7, 11) is 0. The van der Waals surface area contributed by atoms with Gasteiger partial charge in [0, 0.05) is 32.6 Å². The van der Waals surface area contributed by atoms with Crippen LogP contribution >= 0.6 is 0 Å². The fourth-order valence-corrected chi connectivity index (χ4v) is 3.11. The van der Waals surface area contributed by atoms with Crippen LogP contribution in [0.2, 0.25) is 0 Å². The van der Waals surface area contributed by atoms with Crippen molar-refractivity contribution in [3.8, 4) is 0 Å². The summed E-state index contributed by atoms with van der Waals surface area (Å²) >= 11 is 0. The van der Waals surface area contributed by atoms with Crippen LogP contribution in [0.3, 0.4) is 0 Å². The van der Waals surface area contributed by atoms with E-state index in [-0.39, 0.29) is 0 Å². The molecule has 0 aliphatic carbocycles. The number of nitrogens with one attached hydrogen (secondary N) is 1. The standard InChI is InChI=1S/C19H23N3O2/c23-19(24)18(15-16-7-3-1-4-8-16)22(17-9-5-2-6-10-17)21-13-11-20-12-14-21/h1-10,18,20H,11-15H2,(H,23,24)/t18-/m0/s1. The van der Waals surface area contributed by atoms with E-state index in [2.05, 4.69) is 10.3 Å². The molecule has 1 saturated heterocycles. The summed E-state index contributed by atoms with van der Waals surface area (Å²) in [5.41, 5.74) is 1.95.